The lowest BCUT2D eigenvalue weighted by Crippen LogP contribution is -2.45. The van der Waals surface area contributed by atoms with Crippen molar-refractivity contribution >= 4 is 23.5 Å². The third-order valence-corrected chi connectivity index (χ3v) is 3.34. The van der Waals surface area contributed by atoms with Crippen molar-refractivity contribution in [1.82, 2.24) is 15.5 Å². The first-order valence-electron chi connectivity index (χ1n) is 7.62. The number of amides is 1. The first-order valence-corrected chi connectivity index (χ1v) is 8.00. The van der Waals surface area contributed by atoms with E-state index in [1.165, 1.54) is 0 Å². The molecule has 24 heavy (non-hydrogen) atoms. The summed E-state index contributed by atoms with van der Waals surface area (Å²) in [4.78, 5) is 17.7. The molecule has 1 amide bonds. The number of carbonyl (C=O) groups excluding carboxylic acids is 1. The fraction of sp³-hybridized carbons (Fsp3) is 0.500. The number of rotatable bonds is 9. The minimum atomic E-state index is -0.114. The molecule has 0 unspecified atom stereocenters. The van der Waals surface area contributed by atoms with Gasteiger partial charge in [0.15, 0.2) is 5.96 Å². The SMILES string of the molecule is CN=C(NCC(=O)NCCOC)N(C)CCOc1cccc(Cl)c1. The minimum absolute atomic E-state index is 0.114. The third-order valence-electron chi connectivity index (χ3n) is 3.10. The van der Waals surface area contributed by atoms with Crippen molar-refractivity contribution in [3.8, 4) is 5.75 Å². The Morgan fingerprint density at radius 2 is 2.12 bits per heavy atom. The first-order chi connectivity index (χ1) is 11.6. The van der Waals surface area contributed by atoms with E-state index in [2.05, 4.69) is 15.6 Å². The van der Waals surface area contributed by atoms with Gasteiger partial charge in [0.05, 0.1) is 19.7 Å². The van der Waals surface area contributed by atoms with Gasteiger partial charge in [-0.1, -0.05) is 17.7 Å². The van der Waals surface area contributed by atoms with E-state index in [0.717, 1.165) is 5.75 Å². The normalized spacial score (nSPS) is 11.1. The van der Waals surface area contributed by atoms with Crippen molar-refractivity contribution in [3.63, 3.8) is 0 Å². The summed E-state index contributed by atoms with van der Waals surface area (Å²) < 4.78 is 10.5. The maximum absolute atomic E-state index is 11.7. The van der Waals surface area contributed by atoms with E-state index in [0.29, 0.717) is 37.3 Å². The van der Waals surface area contributed by atoms with Crippen LogP contribution in [0.5, 0.6) is 5.75 Å². The quantitative estimate of drug-likeness (QED) is 0.392. The van der Waals surface area contributed by atoms with Crippen molar-refractivity contribution in [3.05, 3.63) is 29.3 Å². The van der Waals surface area contributed by atoms with Gasteiger partial charge < -0.3 is 25.0 Å². The Morgan fingerprint density at radius 3 is 2.79 bits per heavy atom. The average molecular weight is 357 g/mol. The molecule has 0 saturated heterocycles. The predicted molar refractivity (Wildman–Crippen MR) is 95.8 cm³/mol. The van der Waals surface area contributed by atoms with Crippen LogP contribution in [0, 0.1) is 0 Å². The fourth-order valence-electron chi connectivity index (χ4n) is 1.86. The topological polar surface area (TPSA) is 75.2 Å². The van der Waals surface area contributed by atoms with E-state index in [1.807, 2.05) is 24.1 Å². The number of hydrogen-bond donors (Lipinski definition) is 2. The van der Waals surface area contributed by atoms with Gasteiger partial charge in [-0.05, 0) is 18.2 Å². The molecule has 0 atom stereocenters. The highest BCUT2D eigenvalue weighted by molar-refractivity contribution is 6.30. The van der Waals surface area contributed by atoms with Gasteiger partial charge in [-0.15, -0.1) is 0 Å². The number of likely N-dealkylation sites (N-methyl/N-ethyl adjacent to an activating group) is 1. The van der Waals surface area contributed by atoms with Crippen LogP contribution < -0.4 is 15.4 Å². The Hall–Kier alpha value is -1.99. The molecule has 0 aliphatic rings. The molecule has 0 aromatic heterocycles. The Labute approximate surface area is 148 Å². The minimum Gasteiger partial charge on any atom is -0.492 e. The molecule has 0 spiro atoms. The number of hydrogen-bond acceptors (Lipinski definition) is 4. The van der Waals surface area contributed by atoms with Gasteiger partial charge in [-0.25, -0.2) is 0 Å². The molecule has 0 bridgehead atoms. The lowest BCUT2D eigenvalue weighted by molar-refractivity contribution is -0.120. The highest BCUT2D eigenvalue weighted by Crippen LogP contribution is 2.16. The molecule has 134 valence electrons. The van der Waals surface area contributed by atoms with Gasteiger partial charge >= 0.3 is 0 Å². The van der Waals surface area contributed by atoms with Crippen LogP contribution in [0.1, 0.15) is 0 Å². The van der Waals surface area contributed by atoms with Crippen molar-refractivity contribution in [2.75, 3.05) is 54.1 Å². The molecule has 0 aliphatic heterocycles. The number of guanidine groups is 1. The number of nitrogens with one attached hydrogen (secondary N) is 2. The summed E-state index contributed by atoms with van der Waals surface area (Å²) in [7, 11) is 5.13. The van der Waals surface area contributed by atoms with E-state index in [-0.39, 0.29) is 12.5 Å². The first kappa shape index (κ1) is 20.1. The summed E-state index contributed by atoms with van der Waals surface area (Å²) >= 11 is 5.91. The van der Waals surface area contributed by atoms with Crippen LogP contribution >= 0.6 is 11.6 Å². The van der Waals surface area contributed by atoms with Crippen LogP contribution in [0.3, 0.4) is 0 Å². The molecule has 2 N–H and O–H groups in total. The summed E-state index contributed by atoms with van der Waals surface area (Å²) in [6.07, 6.45) is 0. The maximum atomic E-state index is 11.7. The van der Waals surface area contributed by atoms with Crippen LogP contribution in [0.25, 0.3) is 0 Å². The number of benzene rings is 1. The van der Waals surface area contributed by atoms with Crippen molar-refractivity contribution in [1.29, 1.82) is 0 Å². The zero-order chi connectivity index (χ0) is 17.8. The molecule has 0 saturated carbocycles. The van der Waals surface area contributed by atoms with Gasteiger partial charge in [0, 0.05) is 32.8 Å². The van der Waals surface area contributed by atoms with Crippen LogP contribution in [0.2, 0.25) is 5.02 Å². The molecule has 1 aromatic rings. The van der Waals surface area contributed by atoms with Gasteiger partial charge in [-0.2, -0.15) is 0 Å². The van der Waals surface area contributed by atoms with Crippen LogP contribution in [-0.4, -0.2) is 70.8 Å². The maximum Gasteiger partial charge on any atom is 0.239 e. The second-order valence-electron chi connectivity index (χ2n) is 4.97. The average Bonchev–Trinajstić information content (AvgIpc) is 2.56. The van der Waals surface area contributed by atoms with Crippen molar-refractivity contribution < 1.29 is 14.3 Å². The van der Waals surface area contributed by atoms with Gasteiger partial charge in [0.1, 0.15) is 12.4 Å². The lowest BCUT2D eigenvalue weighted by Gasteiger charge is -2.22. The van der Waals surface area contributed by atoms with Crippen molar-refractivity contribution in [2.45, 2.75) is 0 Å². The van der Waals surface area contributed by atoms with Crippen LogP contribution in [0.15, 0.2) is 29.3 Å². The third kappa shape index (κ3) is 8.03. The molecule has 7 nitrogen and oxygen atoms in total. The second kappa shape index (κ2) is 11.5. The highest BCUT2D eigenvalue weighted by Gasteiger charge is 2.08. The number of carbonyl (C=O) groups is 1. The number of nitrogens with zero attached hydrogens (tertiary/aromatic N) is 2. The molecule has 0 radical (unpaired) electrons. The molecule has 8 heteroatoms. The number of aliphatic imine (C=N–C) groups is 1. The van der Waals surface area contributed by atoms with Gasteiger partial charge in [0.2, 0.25) is 5.91 Å². The van der Waals surface area contributed by atoms with Gasteiger partial charge in [0.25, 0.3) is 0 Å². The Bertz CT molecular complexity index is 540. The number of methoxy groups -OCH3 is 1. The summed E-state index contributed by atoms with van der Waals surface area (Å²) in [5.74, 6) is 1.22. The lowest BCUT2D eigenvalue weighted by atomic mass is 10.3. The molecule has 1 rings (SSSR count). The zero-order valence-corrected chi connectivity index (χ0v) is 15.1. The molecular formula is C16H25ClN4O3. The number of halogens is 1. The molecule has 0 heterocycles. The van der Waals surface area contributed by atoms with E-state index < -0.39 is 0 Å². The predicted octanol–water partition coefficient (Wildman–Crippen LogP) is 0.989. The standard InChI is InChI=1S/C16H25ClN4O3/c1-18-16(20-12-15(22)19-7-9-23-3)21(2)8-10-24-14-6-4-5-13(17)11-14/h4-6,11H,7-10,12H2,1-3H3,(H,18,20)(H,19,22). The van der Waals surface area contributed by atoms with E-state index in [1.54, 1.807) is 26.3 Å². The molecule has 1 aromatic carbocycles. The molecule has 0 fully saturated rings. The molecular weight excluding hydrogens is 332 g/mol. The summed E-state index contributed by atoms with van der Waals surface area (Å²) in [6.45, 7) is 2.20. The van der Waals surface area contributed by atoms with Crippen LogP contribution in [0.4, 0.5) is 0 Å². The number of ether oxygens (including phenoxy) is 2. The second-order valence-corrected chi connectivity index (χ2v) is 5.41. The van der Waals surface area contributed by atoms with Gasteiger partial charge in [-0.3, -0.25) is 9.79 Å². The summed E-state index contributed by atoms with van der Waals surface area (Å²) in [6, 6.07) is 7.25. The van der Waals surface area contributed by atoms with Crippen LogP contribution in [-0.2, 0) is 9.53 Å². The smallest absolute Gasteiger partial charge is 0.239 e. The summed E-state index contributed by atoms with van der Waals surface area (Å²) in [5, 5.41) is 6.37. The van der Waals surface area contributed by atoms with Crippen molar-refractivity contribution in [2.24, 2.45) is 4.99 Å². The summed E-state index contributed by atoms with van der Waals surface area (Å²) in [5.41, 5.74) is 0. The molecule has 0 aliphatic carbocycles. The monoisotopic (exact) mass is 356 g/mol. The Balaban J connectivity index is 2.30. The van der Waals surface area contributed by atoms with E-state index in [9.17, 15) is 4.79 Å². The van der Waals surface area contributed by atoms with E-state index >= 15 is 0 Å². The highest BCUT2D eigenvalue weighted by atomic mass is 35.5. The largest absolute Gasteiger partial charge is 0.492 e. The Morgan fingerprint density at radius 1 is 1.33 bits per heavy atom. The zero-order valence-electron chi connectivity index (χ0n) is 14.3. The Kier molecular flexibility index (Phi) is 9.64. The fourth-order valence-corrected chi connectivity index (χ4v) is 2.04. The van der Waals surface area contributed by atoms with E-state index in [4.69, 9.17) is 21.1 Å².